The van der Waals surface area contributed by atoms with Crippen LogP contribution in [0.3, 0.4) is 0 Å². The van der Waals surface area contributed by atoms with Gasteiger partial charge in [-0.15, -0.1) is 0 Å². The smallest absolute Gasteiger partial charge is 0.271 e. The molecule has 0 radical (unpaired) electrons. The maximum absolute atomic E-state index is 14.0. The summed E-state index contributed by atoms with van der Waals surface area (Å²) >= 11 is 0. The molecule has 1 aromatic carbocycles. The van der Waals surface area contributed by atoms with Crippen molar-refractivity contribution in [2.45, 2.75) is 70.1 Å². The van der Waals surface area contributed by atoms with Gasteiger partial charge in [0.05, 0.1) is 18.9 Å². The van der Waals surface area contributed by atoms with E-state index in [0.717, 1.165) is 44.3 Å². The van der Waals surface area contributed by atoms with E-state index in [-0.39, 0.29) is 23.9 Å². The zero-order valence-corrected chi connectivity index (χ0v) is 22.0. The van der Waals surface area contributed by atoms with Gasteiger partial charge in [0.1, 0.15) is 5.75 Å². The third-order valence-corrected chi connectivity index (χ3v) is 7.55. The lowest BCUT2D eigenvalue weighted by atomic mass is 9.89. The molecule has 0 aromatic heterocycles. The number of unbranched alkanes of at least 4 members (excludes halogenated alkanes) is 1. The van der Waals surface area contributed by atoms with Crippen LogP contribution in [0.1, 0.15) is 68.3 Å². The second kappa shape index (κ2) is 11.8. The van der Waals surface area contributed by atoms with Crippen molar-refractivity contribution in [3.05, 3.63) is 29.8 Å². The Bertz CT molecular complexity index is 951. The summed E-state index contributed by atoms with van der Waals surface area (Å²) in [6.45, 7) is 12.0. The molecule has 0 unspecified atom stereocenters. The molecular weight excluding hydrogens is 458 g/mol. The van der Waals surface area contributed by atoms with Gasteiger partial charge in [-0.25, -0.2) is 0 Å². The molecule has 3 aliphatic heterocycles. The number of piperidine rings is 1. The van der Waals surface area contributed by atoms with Crippen LogP contribution in [-0.2, 0) is 14.3 Å². The summed E-state index contributed by atoms with van der Waals surface area (Å²) in [6, 6.07) is 3.91. The summed E-state index contributed by atoms with van der Waals surface area (Å²) in [6.07, 6.45) is 6.40. The van der Waals surface area contributed by atoms with E-state index in [1.807, 2.05) is 21.9 Å². The van der Waals surface area contributed by atoms with Crippen molar-refractivity contribution >= 4 is 23.6 Å². The van der Waals surface area contributed by atoms with Crippen molar-refractivity contribution < 1.29 is 23.8 Å². The molecule has 0 saturated carbocycles. The van der Waals surface area contributed by atoms with Crippen LogP contribution in [0.25, 0.3) is 6.08 Å². The molecule has 1 aromatic rings. The first-order chi connectivity index (χ1) is 17.4. The molecule has 36 heavy (non-hydrogen) atoms. The average molecular weight is 500 g/mol. The van der Waals surface area contributed by atoms with Crippen molar-refractivity contribution in [3.63, 3.8) is 0 Å². The summed E-state index contributed by atoms with van der Waals surface area (Å²) < 4.78 is 17.2. The number of hydrogen-bond donors (Lipinski definition) is 1. The van der Waals surface area contributed by atoms with Gasteiger partial charge in [-0.05, 0) is 63.8 Å². The molecule has 2 saturated heterocycles. The number of nitrogens with zero attached hydrogens (tertiary/aromatic N) is 2. The lowest BCUT2D eigenvalue weighted by Crippen LogP contribution is -2.59. The standard InChI is InChI=1S/C28H41N3O5/c1-5-21-17-25-24(18-23(21)26(32)31(20(2)3)22-9-8-12-29-19-22)30(13-6-7-14-34-4)27(33)28(36-25)10-15-35-16-11-28/h5,17-18,20,22,29H,1,6-16,19H2,2-4H3/t22-/m1/s1. The van der Waals surface area contributed by atoms with Crippen LogP contribution in [0, 0.1) is 0 Å². The predicted molar refractivity (Wildman–Crippen MR) is 141 cm³/mol. The first-order valence-corrected chi connectivity index (χ1v) is 13.3. The maximum Gasteiger partial charge on any atom is 0.271 e. The van der Waals surface area contributed by atoms with E-state index in [1.165, 1.54) is 0 Å². The van der Waals surface area contributed by atoms with E-state index in [0.29, 0.717) is 56.2 Å². The average Bonchev–Trinajstić information content (AvgIpc) is 2.89. The van der Waals surface area contributed by atoms with Gasteiger partial charge < -0.3 is 29.3 Å². The van der Waals surface area contributed by atoms with E-state index >= 15 is 0 Å². The van der Waals surface area contributed by atoms with Gasteiger partial charge in [0.15, 0.2) is 5.60 Å². The van der Waals surface area contributed by atoms with E-state index in [4.69, 9.17) is 14.2 Å². The molecule has 1 spiro atoms. The van der Waals surface area contributed by atoms with Crippen molar-refractivity contribution in [2.24, 2.45) is 0 Å². The highest BCUT2D eigenvalue weighted by atomic mass is 16.5. The number of carbonyl (C=O) groups is 2. The van der Waals surface area contributed by atoms with Crippen molar-refractivity contribution in [3.8, 4) is 5.75 Å². The van der Waals surface area contributed by atoms with E-state index < -0.39 is 5.60 Å². The molecule has 0 aliphatic carbocycles. The Morgan fingerprint density at radius 3 is 2.75 bits per heavy atom. The van der Waals surface area contributed by atoms with Gasteiger partial charge in [0, 0.05) is 57.3 Å². The van der Waals surface area contributed by atoms with Gasteiger partial charge in [-0.2, -0.15) is 0 Å². The third kappa shape index (κ3) is 5.31. The highest BCUT2D eigenvalue weighted by Gasteiger charge is 2.49. The van der Waals surface area contributed by atoms with Gasteiger partial charge in [0.2, 0.25) is 0 Å². The Hall–Kier alpha value is -2.42. The summed E-state index contributed by atoms with van der Waals surface area (Å²) in [5, 5.41) is 3.43. The van der Waals surface area contributed by atoms with Gasteiger partial charge >= 0.3 is 0 Å². The summed E-state index contributed by atoms with van der Waals surface area (Å²) in [4.78, 5) is 31.7. The molecule has 1 N–H and O–H groups in total. The minimum absolute atomic E-state index is 0.0328. The van der Waals surface area contributed by atoms with Gasteiger partial charge in [-0.1, -0.05) is 12.7 Å². The lowest BCUT2D eigenvalue weighted by molar-refractivity contribution is -0.144. The summed E-state index contributed by atoms with van der Waals surface area (Å²) in [5.41, 5.74) is 1.02. The fourth-order valence-corrected chi connectivity index (χ4v) is 5.63. The summed E-state index contributed by atoms with van der Waals surface area (Å²) in [5.74, 6) is 0.553. The van der Waals surface area contributed by atoms with Crippen LogP contribution in [0.2, 0.25) is 0 Å². The number of benzene rings is 1. The Morgan fingerprint density at radius 2 is 2.11 bits per heavy atom. The fourth-order valence-electron chi connectivity index (χ4n) is 5.63. The number of carbonyl (C=O) groups excluding carboxylic acids is 2. The van der Waals surface area contributed by atoms with Crippen LogP contribution >= 0.6 is 0 Å². The van der Waals surface area contributed by atoms with Crippen molar-refractivity contribution in [1.82, 2.24) is 10.2 Å². The van der Waals surface area contributed by atoms with E-state index in [1.54, 1.807) is 13.2 Å². The van der Waals surface area contributed by atoms with Crippen LogP contribution in [0.5, 0.6) is 5.75 Å². The fraction of sp³-hybridized carbons (Fsp3) is 0.643. The normalized spacial score (nSPS) is 21.3. The number of methoxy groups -OCH3 is 1. The van der Waals surface area contributed by atoms with Crippen LogP contribution in [-0.4, -0.2) is 81.0 Å². The van der Waals surface area contributed by atoms with E-state index in [2.05, 4.69) is 25.7 Å². The SMILES string of the molecule is C=Cc1cc2c(cc1C(=O)N(C(C)C)[C@@H]1CCCNC1)N(CCCCOC)C(=O)C1(CCOCC1)O2. The number of anilines is 1. The molecular formula is C28H41N3O5. The molecule has 2 amide bonds. The molecule has 198 valence electrons. The number of fused-ring (bicyclic) bond motifs is 1. The highest BCUT2D eigenvalue weighted by Crippen LogP contribution is 2.44. The van der Waals surface area contributed by atoms with Gasteiger partial charge in [0.25, 0.3) is 11.8 Å². The summed E-state index contributed by atoms with van der Waals surface area (Å²) in [7, 11) is 1.68. The number of nitrogens with one attached hydrogen (secondary N) is 1. The molecule has 1 atom stereocenters. The Balaban J connectivity index is 1.73. The Morgan fingerprint density at radius 1 is 1.33 bits per heavy atom. The second-order valence-corrected chi connectivity index (χ2v) is 10.3. The van der Waals surface area contributed by atoms with Crippen LogP contribution in [0.4, 0.5) is 5.69 Å². The molecule has 3 aliphatic rings. The monoisotopic (exact) mass is 499 g/mol. The third-order valence-electron chi connectivity index (χ3n) is 7.55. The molecule has 4 rings (SSSR count). The molecule has 8 heteroatoms. The highest BCUT2D eigenvalue weighted by molar-refractivity contribution is 6.06. The lowest BCUT2D eigenvalue weighted by Gasteiger charge is -2.45. The molecule has 0 bridgehead atoms. The zero-order valence-electron chi connectivity index (χ0n) is 22.0. The number of rotatable bonds is 9. The predicted octanol–water partition coefficient (Wildman–Crippen LogP) is 3.63. The van der Waals surface area contributed by atoms with Crippen molar-refractivity contribution in [1.29, 1.82) is 0 Å². The molecule has 3 heterocycles. The van der Waals surface area contributed by atoms with Crippen LogP contribution < -0.4 is 15.0 Å². The molecule has 2 fully saturated rings. The van der Waals surface area contributed by atoms with Crippen molar-refractivity contribution in [2.75, 3.05) is 51.5 Å². The number of amides is 2. The Labute approximate surface area is 214 Å². The Kier molecular flexibility index (Phi) is 8.70. The quantitative estimate of drug-likeness (QED) is 0.523. The van der Waals surface area contributed by atoms with Crippen LogP contribution in [0.15, 0.2) is 18.7 Å². The first-order valence-electron chi connectivity index (χ1n) is 13.3. The maximum atomic E-state index is 14.0. The van der Waals surface area contributed by atoms with Gasteiger partial charge in [-0.3, -0.25) is 9.59 Å². The minimum atomic E-state index is -0.922. The number of hydrogen-bond acceptors (Lipinski definition) is 6. The topological polar surface area (TPSA) is 80.3 Å². The largest absolute Gasteiger partial charge is 0.475 e. The molecule has 8 nitrogen and oxygen atoms in total. The zero-order chi connectivity index (χ0) is 25.7. The van der Waals surface area contributed by atoms with E-state index in [9.17, 15) is 9.59 Å². The minimum Gasteiger partial charge on any atom is -0.475 e. The second-order valence-electron chi connectivity index (χ2n) is 10.3. The first kappa shape index (κ1) is 26.6. The number of ether oxygens (including phenoxy) is 3.